The van der Waals surface area contributed by atoms with Crippen LogP contribution in [0.1, 0.15) is 70.6 Å². The van der Waals surface area contributed by atoms with E-state index in [-0.39, 0.29) is 5.60 Å². The zero-order valence-corrected chi connectivity index (χ0v) is 9.30. The maximum absolute atomic E-state index is 10.6. The van der Waals surface area contributed by atoms with Gasteiger partial charge in [0, 0.05) is 0 Å². The highest BCUT2D eigenvalue weighted by atomic mass is 16.3. The monoisotopic (exact) mass is 196 g/mol. The molecule has 0 radical (unpaired) electrons. The third kappa shape index (κ3) is 2.31. The Morgan fingerprint density at radius 2 is 1.21 bits per heavy atom. The van der Waals surface area contributed by atoms with E-state index in [1.807, 2.05) is 0 Å². The standard InChI is InChI=1S/C13H24O/c14-13(10-6-3-7-11-13)12-8-4-1-2-5-9-12/h12,14H,1-11H2. The Hall–Kier alpha value is -0.0400. The molecular weight excluding hydrogens is 172 g/mol. The van der Waals surface area contributed by atoms with Crippen molar-refractivity contribution in [2.45, 2.75) is 76.2 Å². The van der Waals surface area contributed by atoms with E-state index in [4.69, 9.17) is 0 Å². The van der Waals surface area contributed by atoms with Crippen molar-refractivity contribution in [1.82, 2.24) is 0 Å². The van der Waals surface area contributed by atoms with Gasteiger partial charge in [-0.05, 0) is 31.6 Å². The summed E-state index contributed by atoms with van der Waals surface area (Å²) in [5.74, 6) is 0.630. The molecule has 14 heavy (non-hydrogen) atoms. The summed E-state index contributed by atoms with van der Waals surface area (Å²) in [5, 5.41) is 10.6. The zero-order chi connectivity index (χ0) is 9.86. The fourth-order valence-corrected chi connectivity index (χ4v) is 3.39. The van der Waals surface area contributed by atoms with Gasteiger partial charge in [-0.15, -0.1) is 0 Å². The highest BCUT2D eigenvalue weighted by Gasteiger charge is 2.37. The van der Waals surface area contributed by atoms with Crippen LogP contribution in [-0.2, 0) is 0 Å². The van der Waals surface area contributed by atoms with Gasteiger partial charge in [-0.2, -0.15) is 0 Å². The van der Waals surface area contributed by atoms with Gasteiger partial charge >= 0.3 is 0 Å². The maximum Gasteiger partial charge on any atom is 0.0675 e. The molecule has 0 atom stereocenters. The van der Waals surface area contributed by atoms with Crippen molar-refractivity contribution in [3.8, 4) is 0 Å². The summed E-state index contributed by atoms with van der Waals surface area (Å²) in [6.07, 6.45) is 14.1. The lowest BCUT2D eigenvalue weighted by molar-refractivity contribution is -0.0543. The van der Waals surface area contributed by atoms with Crippen molar-refractivity contribution in [1.29, 1.82) is 0 Å². The minimum atomic E-state index is -0.261. The van der Waals surface area contributed by atoms with Crippen LogP contribution in [0.25, 0.3) is 0 Å². The molecule has 0 saturated heterocycles. The normalized spacial score (nSPS) is 29.8. The summed E-state index contributed by atoms with van der Waals surface area (Å²) in [4.78, 5) is 0. The molecule has 0 amide bonds. The fourth-order valence-electron chi connectivity index (χ4n) is 3.39. The first-order valence-electron chi connectivity index (χ1n) is 6.54. The largest absolute Gasteiger partial charge is 0.390 e. The first-order chi connectivity index (χ1) is 6.81. The van der Waals surface area contributed by atoms with E-state index >= 15 is 0 Å². The predicted octanol–water partition coefficient (Wildman–Crippen LogP) is 3.65. The topological polar surface area (TPSA) is 20.2 Å². The first-order valence-corrected chi connectivity index (χ1v) is 6.54. The zero-order valence-electron chi connectivity index (χ0n) is 9.30. The minimum absolute atomic E-state index is 0.261. The van der Waals surface area contributed by atoms with Gasteiger partial charge in [0.2, 0.25) is 0 Å². The predicted molar refractivity (Wildman–Crippen MR) is 59.2 cm³/mol. The highest BCUT2D eigenvalue weighted by Crippen LogP contribution is 2.40. The summed E-state index contributed by atoms with van der Waals surface area (Å²) in [7, 11) is 0. The molecule has 2 rings (SSSR count). The fraction of sp³-hybridized carbons (Fsp3) is 1.00. The van der Waals surface area contributed by atoms with Gasteiger partial charge < -0.3 is 5.11 Å². The second-order valence-corrected chi connectivity index (χ2v) is 5.35. The lowest BCUT2D eigenvalue weighted by atomic mass is 9.73. The van der Waals surface area contributed by atoms with E-state index < -0.39 is 0 Å². The molecule has 1 N–H and O–H groups in total. The van der Waals surface area contributed by atoms with E-state index in [0.29, 0.717) is 5.92 Å². The smallest absolute Gasteiger partial charge is 0.0675 e. The molecule has 0 aromatic rings. The van der Waals surface area contributed by atoms with Crippen molar-refractivity contribution >= 4 is 0 Å². The van der Waals surface area contributed by atoms with Gasteiger partial charge in [-0.1, -0.05) is 44.9 Å². The van der Waals surface area contributed by atoms with Crippen molar-refractivity contribution < 1.29 is 5.11 Å². The number of hydrogen-bond acceptors (Lipinski definition) is 1. The van der Waals surface area contributed by atoms with Crippen molar-refractivity contribution in [3.63, 3.8) is 0 Å². The second kappa shape index (κ2) is 4.65. The average Bonchev–Trinajstić information content (AvgIpc) is 2.47. The molecule has 2 fully saturated rings. The van der Waals surface area contributed by atoms with Crippen LogP contribution in [0.5, 0.6) is 0 Å². The van der Waals surface area contributed by atoms with Crippen LogP contribution >= 0.6 is 0 Å². The average molecular weight is 196 g/mol. The summed E-state index contributed by atoms with van der Waals surface area (Å²) >= 11 is 0. The molecule has 2 aliphatic rings. The Morgan fingerprint density at radius 3 is 1.79 bits per heavy atom. The Balaban J connectivity index is 1.95. The lowest BCUT2D eigenvalue weighted by Crippen LogP contribution is -2.39. The Kier molecular flexibility index (Phi) is 3.48. The Morgan fingerprint density at radius 1 is 0.714 bits per heavy atom. The summed E-state index contributed by atoms with van der Waals surface area (Å²) in [5.41, 5.74) is -0.261. The van der Waals surface area contributed by atoms with E-state index in [9.17, 15) is 5.11 Å². The molecule has 1 heteroatoms. The molecule has 0 unspecified atom stereocenters. The van der Waals surface area contributed by atoms with Gasteiger partial charge in [0.1, 0.15) is 0 Å². The van der Waals surface area contributed by atoms with Crippen molar-refractivity contribution in [2.24, 2.45) is 5.92 Å². The molecule has 0 aliphatic heterocycles. The molecule has 0 heterocycles. The number of hydrogen-bond donors (Lipinski definition) is 1. The van der Waals surface area contributed by atoms with Crippen molar-refractivity contribution in [2.75, 3.05) is 0 Å². The number of rotatable bonds is 1. The maximum atomic E-state index is 10.6. The van der Waals surface area contributed by atoms with Crippen LogP contribution in [0.15, 0.2) is 0 Å². The molecule has 0 aromatic carbocycles. The molecule has 0 spiro atoms. The molecule has 0 bridgehead atoms. The first kappa shape index (κ1) is 10.5. The van der Waals surface area contributed by atoms with Crippen LogP contribution in [0, 0.1) is 5.92 Å². The lowest BCUT2D eigenvalue weighted by Gasteiger charge is -2.39. The van der Waals surface area contributed by atoms with E-state index in [1.165, 1.54) is 57.8 Å². The van der Waals surface area contributed by atoms with Crippen LogP contribution < -0.4 is 0 Å². The third-order valence-corrected chi connectivity index (χ3v) is 4.33. The summed E-state index contributed by atoms with van der Waals surface area (Å²) in [6, 6.07) is 0. The molecule has 1 nitrogen and oxygen atoms in total. The third-order valence-electron chi connectivity index (χ3n) is 4.33. The van der Waals surface area contributed by atoms with Crippen LogP contribution in [0.4, 0.5) is 0 Å². The van der Waals surface area contributed by atoms with Gasteiger partial charge in [0.05, 0.1) is 5.60 Å². The summed E-state index contributed by atoms with van der Waals surface area (Å²) < 4.78 is 0. The highest BCUT2D eigenvalue weighted by molar-refractivity contribution is 4.89. The molecular formula is C13H24O. The molecule has 0 aromatic heterocycles. The van der Waals surface area contributed by atoms with Gasteiger partial charge in [-0.3, -0.25) is 0 Å². The van der Waals surface area contributed by atoms with Gasteiger partial charge in [0.25, 0.3) is 0 Å². The second-order valence-electron chi connectivity index (χ2n) is 5.35. The summed E-state index contributed by atoms with van der Waals surface area (Å²) in [6.45, 7) is 0. The van der Waals surface area contributed by atoms with Gasteiger partial charge in [-0.25, -0.2) is 0 Å². The van der Waals surface area contributed by atoms with Gasteiger partial charge in [0.15, 0.2) is 0 Å². The minimum Gasteiger partial charge on any atom is -0.390 e. The SMILES string of the molecule is OC1(C2CCCCCC2)CCCCC1. The van der Waals surface area contributed by atoms with Crippen LogP contribution in [0.2, 0.25) is 0 Å². The Bertz CT molecular complexity index is 162. The molecule has 82 valence electrons. The van der Waals surface area contributed by atoms with E-state index in [1.54, 1.807) is 0 Å². The molecule has 2 aliphatic carbocycles. The van der Waals surface area contributed by atoms with Crippen molar-refractivity contribution in [3.05, 3.63) is 0 Å². The van der Waals surface area contributed by atoms with Crippen LogP contribution in [0.3, 0.4) is 0 Å². The Labute approximate surface area is 87.9 Å². The molecule has 2 saturated carbocycles. The van der Waals surface area contributed by atoms with E-state index in [2.05, 4.69) is 0 Å². The van der Waals surface area contributed by atoms with E-state index in [0.717, 1.165) is 12.8 Å². The van der Waals surface area contributed by atoms with Crippen LogP contribution in [-0.4, -0.2) is 10.7 Å². The quantitative estimate of drug-likeness (QED) is 0.635. The number of aliphatic hydroxyl groups is 1.